The summed E-state index contributed by atoms with van der Waals surface area (Å²) in [5.74, 6) is 1.89. The van der Waals surface area contributed by atoms with Gasteiger partial charge in [-0.15, -0.1) is 11.3 Å². The maximum atomic E-state index is 5.42. The van der Waals surface area contributed by atoms with Gasteiger partial charge in [0.25, 0.3) is 0 Å². The van der Waals surface area contributed by atoms with Crippen molar-refractivity contribution in [2.75, 3.05) is 0 Å². The van der Waals surface area contributed by atoms with Crippen LogP contribution in [0.3, 0.4) is 0 Å². The van der Waals surface area contributed by atoms with E-state index in [1.54, 1.807) is 0 Å². The molecular weight excluding hydrogens is 737 g/mol. The number of thiophene rings is 1. The van der Waals surface area contributed by atoms with E-state index in [9.17, 15) is 0 Å². The van der Waals surface area contributed by atoms with E-state index in [-0.39, 0.29) is 0 Å². The molecule has 4 nitrogen and oxygen atoms in total. The number of aromatic nitrogens is 4. The van der Waals surface area contributed by atoms with Crippen LogP contribution in [0.1, 0.15) is 0 Å². The van der Waals surface area contributed by atoms with Crippen molar-refractivity contribution in [2.24, 2.45) is 0 Å². The Bertz CT molecular complexity index is 3530. The number of hydrogen-bond acceptors (Lipinski definition) is 5. The van der Waals surface area contributed by atoms with E-state index in [4.69, 9.17) is 19.9 Å². The smallest absolute Gasteiger partial charge is 0.164 e. The van der Waals surface area contributed by atoms with Crippen LogP contribution in [-0.4, -0.2) is 19.9 Å². The summed E-state index contributed by atoms with van der Waals surface area (Å²) >= 11 is 1.85. The van der Waals surface area contributed by atoms with Gasteiger partial charge in [0, 0.05) is 58.6 Å². The molecule has 9 aromatic carbocycles. The summed E-state index contributed by atoms with van der Waals surface area (Å²) in [6.45, 7) is 0. The van der Waals surface area contributed by atoms with Crippen molar-refractivity contribution < 1.29 is 0 Å². The molecule has 0 amide bonds. The van der Waals surface area contributed by atoms with Crippen LogP contribution in [0.2, 0.25) is 0 Å². The van der Waals surface area contributed by atoms with E-state index in [1.807, 2.05) is 11.3 Å². The van der Waals surface area contributed by atoms with Crippen LogP contribution < -0.4 is 0 Å². The summed E-state index contributed by atoms with van der Waals surface area (Å²) in [5, 5.41) is 10.8. The van der Waals surface area contributed by atoms with Crippen LogP contribution in [0.4, 0.5) is 0 Å². The Morgan fingerprint density at radius 1 is 0.288 bits per heavy atom. The van der Waals surface area contributed by atoms with E-state index in [2.05, 4.69) is 194 Å². The number of pyridine rings is 1. The largest absolute Gasteiger partial charge is 0.247 e. The van der Waals surface area contributed by atoms with Gasteiger partial charge in [-0.2, -0.15) is 0 Å². The average Bonchev–Trinajstić information content (AvgIpc) is 3.70. The van der Waals surface area contributed by atoms with Gasteiger partial charge in [-0.3, -0.25) is 0 Å². The van der Waals surface area contributed by atoms with Crippen LogP contribution in [0.15, 0.2) is 194 Å². The monoisotopic (exact) mass is 768 g/mol. The summed E-state index contributed by atoms with van der Waals surface area (Å²) in [5.41, 5.74) is 7.99. The number of benzene rings is 9. The summed E-state index contributed by atoms with van der Waals surface area (Å²) in [4.78, 5) is 20.8. The maximum absolute atomic E-state index is 5.42. The van der Waals surface area contributed by atoms with E-state index in [0.717, 1.165) is 66.1 Å². The maximum Gasteiger partial charge on any atom is 0.164 e. The fourth-order valence-electron chi connectivity index (χ4n) is 8.56. The first kappa shape index (κ1) is 33.5. The lowest BCUT2D eigenvalue weighted by Crippen LogP contribution is -2.00. The van der Waals surface area contributed by atoms with Crippen LogP contribution in [-0.2, 0) is 0 Å². The van der Waals surface area contributed by atoms with Crippen molar-refractivity contribution in [2.45, 2.75) is 0 Å². The van der Waals surface area contributed by atoms with E-state index >= 15 is 0 Å². The van der Waals surface area contributed by atoms with Crippen molar-refractivity contribution in [3.8, 4) is 56.5 Å². The molecule has 3 heterocycles. The minimum absolute atomic E-state index is 0.621. The van der Waals surface area contributed by atoms with Gasteiger partial charge in [0.15, 0.2) is 17.5 Å². The topological polar surface area (TPSA) is 51.6 Å². The molecule has 0 atom stereocenters. The molecule has 0 aliphatic rings. The standard InChI is InChI=1S/C54H32N4S/c1-2-13-35(14-3-1)51-45-27-28-48-50(44-19-8-9-20-47(44)59-48)49(45)43-26-25-39(32-46(43)55-51)38-17-10-18-40(31-38)52-56-53(41-23-21-33-11-4-6-15-36(33)29-41)58-54(57-52)42-24-22-34-12-5-7-16-37(34)30-42/h1-32H. The van der Waals surface area contributed by atoms with Crippen LogP contribution in [0.25, 0.3) is 120 Å². The van der Waals surface area contributed by atoms with Gasteiger partial charge in [0.1, 0.15) is 0 Å². The predicted molar refractivity (Wildman–Crippen MR) is 248 cm³/mol. The Morgan fingerprint density at radius 2 is 0.831 bits per heavy atom. The normalized spacial score (nSPS) is 11.7. The zero-order valence-corrected chi connectivity index (χ0v) is 32.5. The molecule has 0 fully saturated rings. The molecule has 59 heavy (non-hydrogen) atoms. The molecule has 12 aromatic rings. The molecule has 0 spiro atoms. The molecule has 0 radical (unpaired) electrons. The Balaban J connectivity index is 1.03. The number of nitrogens with zero attached hydrogens (tertiary/aromatic N) is 4. The van der Waals surface area contributed by atoms with Gasteiger partial charge < -0.3 is 0 Å². The predicted octanol–water partition coefficient (Wildman–Crippen LogP) is 14.6. The highest BCUT2D eigenvalue weighted by atomic mass is 32.1. The summed E-state index contributed by atoms with van der Waals surface area (Å²) in [7, 11) is 0. The molecule has 0 saturated heterocycles. The lowest BCUT2D eigenvalue weighted by molar-refractivity contribution is 1.08. The minimum Gasteiger partial charge on any atom is -0.247 e. The first-order valence-electron chi connectivity index (χ1n) is 19.8. The Kier molecular flexibility index (Phi) is 7.68. The van der Waals surface area contributed by atoms with E-state index < -0.39 is 0 Å². The first-order chi connectivity index (χ1) is 29.2. The van der Waals surface area contributed by atoms with Crippen LogP contribution >= 0.6 is 11.3 Å². The second-order valence-corrected chi connectivity index (χ2v) is 16.1. The highest BCUT2D eigenvalue weighted by Gasteiger charge is 2.18. The Hall–Kier alpha value is -7.60. The molecule has 0 aliphatic heterocycles. The first-order valence-corrected chi connectivity index (χ1v) is 20.6. The molecule has 3 aromatic heterocycles. The van der Waals surface area contributed by atoms with Gasteiger partial charge in [-0.05, 0) is 69.1 Å². The number of fused-ring (bicyclic) bond motifs is 9. The molecule has 0 bridgehead atoms. The Labute approximate surface area is 343 Å². The molecule has 0 aliphatic carbocycles. The molecule has 0 unspecified atom stereocenters. The van der Waals surface area contributed by atoms with Crippen molar-refractivity contribution >= 4 is 74.7 Å². The van der Waals surface area contributed by atoms with Crippen molar-refractivity contribution in [1.82, 2.24) is 19.9 Å². The lowest BCUT2D eigenvalue weighted by Gasteiger charge is -2.13. The second kappa shape index (κ2) is 13.5. The van der Waals surface area contributed by atoms with Crippen LogP contribution in [0.5, 0.6) is 0 Å². The highest BCUT2D eigenvalue weighted by Crippen LogP contribution is 2.44. The lowest BCUT2D eigenvalue weighted by atomic mass is 9.94. The fraction of sp³-hybridized carbons (Fsp3) is 0. The molecule has 274 valence electrons. The summed E-state index contributed by atoms with van der Waals surface area (Å²) < 4.78 is 2.57. The molecule has 0 saturated carbocycles. The van der Waals surface area contributed by atoms with Gasteiger partial charge in [-0.25, -0.2) is 19.9 Å². The highest BCUT2D eigenvalue weighted by molar-refractivity contribution is 7.26. The molecule has 5 heteroatoms. The third-order valence-electron chi connectivity index (χ3n) is 11.4. The minimum atomic E-state index is 0.621. The quantitative estimate of drug-likeness (QED) is 0.164. The van der Waals surface area contributed by atoms with Gasteiger partial charge in [0.05, 0.1) is 11.2 Å². The fourth-order valence-corrected chi connectivity index (χ4v) is 9.68. The van der Waals surface area contributed by atoms with Gasteiger partial charge >= 0.3 is 0 Å². The third kappa shape index (κ3) is 5.74. The van der Waals surface area contributed by atoms with Gasteiger partial charge in [0.2, 0.25) is 0 Å². The Morgan fingerprint density at radius 3 is 1.54 bits per heavy atom. The van der Waals surface area contributed by atoms with E-state index in [0.29, 0.717) is 17.5 Å². The van der Waals surface area contributed by atoms with Gasteiger partial charge in [-0.1, -0.05) is 158 Å². The van der Waals surface area contributed by atoms with Crippen molar-refractivity contribution in [1.29, 1.82) is 0 Å². The average molecular weight is 769 g/mol. The van der Waals surface area contributed by atoms with Crippen molar-refractivity contribution in [3.63, 3.8) is 0 Å². The van der Waals surface area contributed by atoms with Crippen LogP contribution in [0, 0.1) is 0 Å². The SMILES string of the molecule is c1ccc(-c2nc3cc(-c4cccc(-c5nc(-c6ccc7ccccc7c6)nc(-c6ccc7ccccc7c6)n5)c4)ccc3c3c2ccc2sc4ccccc4c23)cc1. The summed E-state index contributed by atoms with van der Waals surface area (Å²) in [6, 6.07) is 68.6. The zero-order chi connectivity index (χ0) is 38.9. The number of hydrogen-bond donors (Lipinski definition) is 0. The summed E-state index contributed by atoms with van der Waals surface area (Å²) in [6.07, 6.45) is 0. The third-order valence-corrected chi connectivity index (χ3v) is 12.6. The molecular formula is C54H32N4S. The van der Waals surface area contributed by atoms with E-state index in [1.165, 1.54) is 36.3 Å². The second-order valence-electron chi connectivity index (χ2n) is 15.0. The zero-order valence-electron chi connectivity index (χ0n) is 31.7. The van der Waals surface area contributed by atoms with Crippen molar-refractivity contribution in [3.05, 3.63) is 194 Å². The number of rotatable bonds is 5. The molecule has 12 rings (SSSR count). The molecule has 0 N–H and O–H groups in total.